The van der Waals surface area contributed by atoms with Crippen molar-refractivity contribution in [3.05, 3.63) is 35.4 Å². The monoisotopic (exact) mass is 226 g/mol. The first kappa shape index (κ1) is 12.5. The first-order chi connectivity index (χ1) is 6.81. The summed E-state index contributed by atoms with van der Waals surface area (Å²) in [4.78, 5) is 2.46. The molecule has 1 heterocycles. The number of nitrogens with two attached hydrogens (primary N) is 1. The van der Waals surface area contributed by atoms with E-state index in [4.69, 9.17) is 5.73 Å². The number of hydrogen-bond donors (Lipinski definition) is 1. The molecular weight excluding hydrogens is 208 g/mol. The van der Waals surface area contributed by atoms with E-state index < -0.39 is 0 Å². The van der Waals surface area contributed by atoms with Crippen molar-refractivity contribution in [1.29, 1.82) is 0 Å². The Morgan fingerprint density at radius 2 is 2.00 bits per heavy atom. The summed E-state index contributed by atoms with van der Waals surface area (Å²) in [6.45, 7) is 5.17. The summed E-state index contributed by atoms with van der Waals surface area (Å²) in [6, 6.07) is 9.21. The maximum atomic E-state index is 5.68. The molecule has 0 saturated heterocycles. The van der Waals surface area contributed by atoms with Crippen LogP contribution < -0.4 is 5.73 Å². The molecule has 0 saturated carbocycles. The molecule has 3 heteroatoms. The van der Waals surface area contributed by atoms with E-state index in [0.717, 1.165) is 19.6 Å². The van der Waals surface area contributed by atoms with Gasteiger partial charge in [0.1, 0.15) is 0 Å². The van der Waals surface area contributed by atoms with Gasteiger partial charge in [0, 0.05) is 25.7 Å². The van der Waals surface area contributed by atoms with E-state index in [1.165, 1.54) is 17.5 Å². The highest BCUT2D eigenvalue weighted by atomic mass is 35.5. The maximum absolute atomic E-state index is 5.68. The Kier molecular flexibility index (Phi) is 4.58. The summed E-state index contributed by atoms with van der Waals surface area (Å²) in [5, 5.41) is 0. The van der Waals surface area contributed by atoms with Crippen LogP contribution in [0.4, 0.5) is 0 Å². The predicted octanol–water partition coefficient (Wildman–Crippen LogP) is 1.81. The lowest BCUT2D eigenvalue weighted by Crippen LogP contribution is -2.41. The van der Waals surface area contributed by atoms with Crippen LogP contribution >= 0.6 is 12.4 Å². The summed E-state index contributed by atoms with van der Waals surface area (Å²) in [5.74, 6) is 0. The Balaban J connectivity index is 0.00000112. The van der Waals surface area contributed by atoms with Crippen molar-refractivity contribution in [3.8, 4) is 0 Å². The van der Waals surface area contributed by atoms with E-state index in [0.29, 0.717) is 6.04 Å². The second kappa shape index (κ2) is 5.50. The molecule has 1 unspecified atom stereocenters. The predicted molar refractivity (Wildman–Crippen MR) is 66.3 cm³/mol. The fraction of sp³-hybridized carbons (Fsp3) is 0.500. The molecule has 0 radical (unpaired) electrons. The molecule has 2 rings (SSSR count). The quantitative estimate of drug-likeness (QED) is 0.834. The minimum absolute atomic E-state index is 0. The minimum atomic E-state index is 0. The van der Waals surface area contributed by atoms with Crippen LogP contribution in [0.25, 0.3) is 0 Å². The summed E-state index contributed by atoms with van der Waals surface area (Å²) in [7, 11) is 0. The van der Waals surface area contributed by atoms with Gasteiger partial charge in [0.05, 0.1) is 0 Å². The number of benzene rings is 1. The van der Waals surface area contributed by atoms with Crippen molar-refractivity contribution in [2.75, 3.05) is 13.1 Å². The highest BCUT2D eigenvalue weighted by Gasteiger charge is 2.18. The summed E-state index contributed by atoms with van der Waals surface area (Å²) in [6.07, 6.45) is 1.17. The van der Waals surface area contributed by atoms with Crippen LogP contribution in [0, 0.1) is 0 Å². The molecule has 2 N–H and O–H groups in total. The largest absolute Gasteiger partial charge is 0.329 e. The Morgan fingerprint density at radius 1 is 1.33 bits per heavy atom. The molecule has 1 aromatic carbocycles. The molecule has 1 aliphatic heterocycles. The van der Waals surface area contributed by atoms with E-state index in [9.17, 15) is 0 Å². The number of halogens is 1. The molecule has 1 aromatic rings. The minimum Gasteiger partial charge on any atom is -0.329 e. The van der Waals surface area contributed by atoms with E-state index in [2.05, 4.69) is 36.1 Å². The van der Waals surface area contributed by atoms with Crippen LogP contribution in [0.15, 0.2) is 24.3 Å². The first-order valence-electron chi connectivity index (χ1n) is 5.32. The third-order valence-electron chi connectivity index (χ3n) is 3.12. The molecule has 0 amide bonds. The fourth-order valence-electron chi connectivity index (χ4n) is 2.04. The SMILES string of the molecule is CC(CN)N1CCc2ccccc2C1.Cl. The van der Waals surface area contributed by atoms with Crippen LogP contribution in [0.1, 0.15) is 18.1 Å². The first-order valence-corrected chi connectivity index (χ1v) is 5.32. The molecule has 0 fully saturated rings. The second-order valence-electron chi connectivity index (χ2n) is 4.07. The summed E-state index contributed by atoms with van der Waals surface area (Å²) < 4.78 is 0. The van der Waals surface area contributed by atoms with Gasteiger partial charge in [-0.05, 0) is 24.5 Å². The zero-order valence-corrected chi connectivity index (χ0v) is 9.96. The number of nitrogens with zero attached hydrogens (tertiary/aromatic N) is 1. The average molecular weight is 227 g/mol. The van der Waals surface area contributed by atoms with Crippen molar-refractivity contribution >= 4 is 12.4 Å². The summed E-state index contributed by atoms with van der Waals surface area (Å²) in [5.41, 5.74) is 8.66. The lowest BCUT2D eigenvalue weighted by atomic mass is 9.99. The maximum Gasteiger partial charge on any atom is 0.0239 e. The zero-order chi connectivity index (χ0) is 9.97. The van der Waals surface area contributed by atoms with Crippen LogP contribution in [0.3, 0.4) is 0 Å². The Morgan fingerprint density at radius 3 is 2.67 bits per heavy atom. The van der Waals surface area contributed by atoms with Gasteiger partial charge in [-0.1, -0.05) is 24.3 Å². The third kappa shape index (κ3) is 2.71. The number of rotatable bonds is 2. The Labute approximate surface area is 97.9 Å². The van der Waals surface area contributed by atoms with Crippen molar-refractivity contribution < 1.29 is 0 Å². The molecular formula is C12H19ClN2. The van der Waals surface area contributed by atoms with Gasteiger partial charge in [-0.15, -0.1) is 12.4 Å². The molecule has 0 aromatic heterocycles. The van der Waals surface area contributed by atoms with Crippen LogP contribution in [-0.4, -0.2) is 24.0 Å². The molecule has 1 atom stereocenters. The normalized spacial score (nSPS) is 17.7. The van der Waals surface area contributed by atoms with E-state index in [-0.39, 0.29) is 12.4 Å². The second-order valence-corrected chi connectivity index (χ2v) is 4.07. The fourth-order valence-corrected chi connectivity index (χ4v) is 2.04. The van der Waals surface area contributed by atoms with E-state index >= 15 is 0 Å². The molecule has 0 bridgehead atoms. The molecule has 0 spiro atoms. The zero-order valence-electron chi connectivity index (χ0n) is 9.15. The number of hydrogen-bond acceptors (Lipinski definition) is 2. The molecule has 2 nitrogen and oxygen atoms in total. The van der Waals surface area contributed by atoms with E-state index in [1.807, 2.05) is 0 Å². The number of fused-ring (bicyclic) bond motifs is 1. The van der Waals surface area contributed by atoms with Crippen molar-refractivity contribution in [2.24, 2.45) is 5.73 Å². The van der Waals surface area contributed by atoms with Gasteiger partial charge >= 0.3 is 0 Å². The Bertz CT molecular complexity index is 314. The Hall–Kier alpha value is -0.570. The molecule has 1 aliphatic rings. The standard InChI is InChI=1S/C12H18N2.ClH/c1-10(8-13)14-7-6-11-4-2-3-5-12(11)9-14;/h2-5,10H,6-9,13H2,1H3;1H. The van der Waals surface area contributed by atoms with Crippen LogP contribution in [0.5, 0.6) is 0 Å². The van der Waals surface area contributed by atoms with Gasteiger partial charge in [0.25, 0.3) is 0 Å². The molecule has 15 heavy (non-hydrogen) atoms. The van der Waals surface area contributed by atoms with Crippen molar-refractivity contribution in [2.45, 2.75) is 25.9 Å². The highest BCUT2D eigenvalue weighted by Crippen LogP contribution is 2.19. The highest BCUT2D eigenvalue weighted by molar-refractivity contribution is 5.85. The average Bonchev–Trinajstić information content (AvgIpc) is 2.27. The topological polar surface area (TPSA) is 29.3 Å². The summed E-state index contributed by atoms with van der Waals surface area (Å²) >= 11 is 0. The van der Waals surface area contributed by atoms with Crippen molar-refractivity contribution in [3.63, 3.8) is 0 Å². The van der Waals surface area contributed by atoms with Gasteiger partial charge in [-0.2, -0.15) is 0 Å². The molecule has 0 aliphatic carbocycles. The smallest absolute Gasteiger partial charge is 0.0239 e. The van der Waals surface area contributed by atoms with Crippen molar-refractivity contribution in [1.82, 2.24) is 4.90 Å². The van der Waals surface area contributed by atoms with Crippen LogP contribution in [-0.2, 0) is 13.0 Å². The lowest BCUT2D eigenvalue weighted by Gasteiger charge is -2.33. The van der Waals surface area contributed by atoms with Crippen LogP contribution in [0.2, 0.25) is 0 Å². The lowest BCUT2D eigenvalue weighted by molar-refractivity contribution is 0.195. The van der Waals surface area contributed by atoms with Gasteiger partial charge in [0.15, 0.2) is 0 Å². The van der Waals surface area contributed by atoms with Gasteiger partial charge in [-0.25, -0.2) is 0 Å². The van der Waals surface area contributed by atoms with Gasteiger partial charge in [-0.3, -0.25) is 4.90 Å². The van der Waals surface area contributed by atoms with Gasteiger partial charge < -0.3 is 5.73 Å². The molecule has 84 valence electrons. The third-order valence-corrected chi connectivity index (χ3v) is 3.12. The van der Waals surface area contributed by atoms with Gasteiger partial charge in [0.2, 0.25) is 0 Å². The van der Waals surface area contributed by atoms with E-state index in [1.54, 1.807) is 0 Å².